The predicted octanol–water partition coefficient (Wildman–Crippen LogP) is 3.93. The SMILES string of the molecule is CCCC(C)CCCC(=O)OC(C)(C)C. The Balaban J connectivity index is 3.55. The van der Waals surface area contributed by atoms with Gasteiger partial charge in [0, 0.05) is 6.42 Å². The summed E-state index contributed by atoms with van der Waals surface area (Å²) in [5, 5.41) is 0. The van der Waals surface area contributed by atoms with Crippen molar-refractivity contribution in [1.82, 2.24) is 0 Å². The van der Waals surface area contributed by atoms with Gasteiger partial charge in [-0.05, 0) is 33.1 Å². The zero-order chi connectivity index (χ0) is 11.9. The second-order valence-electron chi connectivity index (χ2n) is 5.37. The molecule has 0 aromatic heterocycles. The molecule has 2 heteroatoms. The molecule has 90 valence electrons. The van der Waals surface area contributed by atoms with Gasteiger partial charge in [0.1, 0.15) is 5.60 Å². The van der Waals surface area contributed by atoms with E-state index in [0.717, 1.165) is 18.8 Å². The molecule has 0 radical (unpaired) electrons. The Morgan fingerprint density at radius 3 is 2.33 bits per heavy atom. The quantitative estimate of drug-likeness (QED) is 0.626. The molecule has 0 saturated heterocycles. The Morgan fingerprint density at radius 2 is 1.87 bits per heavy atom. The van der Waals surface area contributed by atoms with Crippen LogP contribution in [0.2, 0.25) is 0 Å². The van der Waals surface area contributed by atoms with Crippen molar-refractivity contribution in [2.45, 2.75) is 72.3 Å². The minimum Gasteiger partial charge on any atom is -0.460 e. The van der Waals surface area contributed by atoms with Crippen molar-refractivity contribution in [1.29, 1.82) is 0 Å². The molecule has 2 nitrogen and oxygen atoms in total. The number of rotatable bonds is 6. The molecule has 15 heavy (non-hydrogen) atoms. The second kappa shape index (κ2) is 6.86. The van der Waals surface area contributed by atoms with E-state index >= 15 is 0 Å². The van der Waals surface area contributed by atoms with Gasteiger partial charge in [-0.25, -0.2) is 0 Å². The number of carbonyl (C=O) groups excluding carboxylic acids is 1. The largest absolute Gasteiger partial charge is 0.460 e. The maximum atomic E-state index is 11.4. The highest BCUT2D eigenvalue weighted by molar-refractivity contribution is 5.69. The minimum absolute atomic E-state index is 0.0637. The van der Waals surface area contributed by atoms with Gasteiger partial charge < -0.3 is 4.74 Å². The summed E-state index contributed by atoms with van der Waals surface area (Å²) >= 11 is 0. The van der Waals surface area contributed by atoms with E-state index in [1.54, 1.807) is 0 Å². The average molecular weight is 214 g/mol. The molecule has 1 unspecified atom stereocenters. The normalized spacial score (nSPS) is 13.7. The molecule has 0 spiro atoms. The van der Waals surface area contributed by atoms with Gasteiger partial charge in [-0.15, -0.1) is 0 Å². The fourth-order valence-corrected chi connectivity index (χ4v) is 1.62. The third-order valence-corrected chi connectivity index (χ3v) is 2.28. The summed E-state index contributed by atoms with van der Waals surface area (Å²) < 4.78 is 5.24. The highest BCUT2D eigenvalue weighted by atomic mass is 16.6. The maximum absolute atomic E-state index is 11.4. The zero-order valence-electron chi connectivity index (χ0n) is 10.9. The standard InChI is InChI=1S/C13H26O2/c1-6-8-11(2)9-7-10-12(14)15-13(3,4)5/h11H,6-10H2,1-5H3. The lowest BCUT2D eigenvalue weighted by molar-refractivity contribution is -0.154. The van der Waals surface area contributed by atoms with Gasteiger partial charge in [0.25, 0.3) is 0 Å². The Morgan fingerprint density at radius 1 is 1.27 bits per heavy atom. The minimum atomic E-state index is -0.341. The van der Waals surface area contributed by atoms with Gasteiger partial charge in [0.15, 0.2) is 0 Å². The second-order valence-corrected chi connectivity index (χ2v) is 5.37. The summed E-state index contributed by atoms with van der Waals surface area (Å²) in [7, 11) is 0. The molecule has 0 rings (SSSR count). The van der Waals surface area contributed by atoms with Crippen LogP contribution in [0.3, 0.4) is 0 Å². The van der Waals surface area contributed by atoms with Crippen molar-refractivity contribution in [3.8, 4) is 0 Å². The first kappa shape index (κ1) is 14.5. The molecular weight excluding hydrogens is 188 g/mol. The number of esters is 1. The molecular formula is C13H26O2. The molecule has 0 aliphatic heterocycles. The molecule has 0 amide bonds. The van der Waals surface area contributed by atoms with E-state index in [0.29, 0.717) is 6.42 Å². The van der Waals surface area contributed by atoms with E-state index in [1.165, 1.54) is 12.8 Å². The maximum Gasteiger partial charge on any atom is 0.306 e. The van der Waals surface area contributed by atoms with E-state index in [9.17, 15) is 4.79 Å². The summed E-state index contributed by atoms with van der Waals surface area (Å²) in [4.78, 5) is 11.4. The number of hydrogen-bond donors (Lipinski definition) is 0. The molecule has 0 saturated carbocycles. The average Bonchev–Trinajstić information content (AvgIpc) is 2.00. The summed E-state index contributed by atoms with van der Waals surface area (Å²) in [5.41, 5.74) is -0.341. The van der Waals surface area contributed by atoms with Crippen LogP contribution in [0.4, 0.5) is 0 Å². The van der Waals surface area contributed by atoms with Gasteiger partial charge in [-0.3, -0.25) is 4.79 Å². The van der Waals surface area contributed by atoms with Gasteiger partial charge in [0.2, 0.25) is 0 Å². The first-order valence-electron chi connectivity index (χ1n) is 6.07. The van der Waals surface area contributed by atoms with Crippen LogP contribution in [0.15, 0.2) is 0 Å². The van der Waals surface area contributed by atoms with Crippen LogP contribution < -0.4 is 0 Å². The number of ether oxygens (including phenoxy) is 1. The van der Waals surface area contributed by atoms with Crippen LogP contribution in [0, 0.1) is 5.92 Å². The monoisotopic (exact) mass is 214 g/mol. The molecule has 0 aromatic carbocycles. The third kappa shape index (κ3) is 9.77. The van der Waals surface area contributed by atoms with Crippen molar-refractivity contribution in [3.05, 3.63) is 0 Å². The van der Waals surface area contributed by atoms with E-state index in [-0.39, 0.29) is 11.6 Å². The van der Waals surface area contributed by atoms with Gasteiger partial charge in [-0.1, -0.05) is 33.1 Å². The van der Waals surface area contributed by atoms with Gasteiger partial charge in [0.05, 0.1) is 0 Å². The molecule has 0 aliphatic rings. The zero-order valence-corrected chi connectivity index (χ0v) is 10.9. The van der Waals surface area contributed by atoms with Crippen LogP contribution in [-0.4, -0.2) is 11.6 Å². The Bertz CT molecular complexity index is 179. The van der Waals surface area contributed by atoms with Crippen LogP contribution in [0.5, 0.6) is 0 Å². The highest BCUT2D eigenvalue weighted by Gasteiger charge is 2.15. The fraction of sp³-hybridized carbons (Fsp3) is 0.923. The Kier molecular flexibility index (Phi) is 6.62. The fourth-order valence-electron chi connectivity index (χ4n) is 1.62. The van der Waals surface area contributed by atoms with E-state index < -0.39 is 0 Å². The highest BCUT2D eigenvalue weighted by Crippen LogP contribution is 2.15. The lowest BCUT2D eigenvalue weighted by atomic mass is 9.99. The lowest BCUT2D eigenvalue weighted by Crippen LogP contribution is -2.23. The smallest absolute Gasteiger partial charge is 0.306 e. The van der Waals surface area contributed by atoms with Crippen molar-refractivity contribution in [2.24, 2.45) is 5.92 Å². The molecule has 0 heterocycles. The van der Waals surface area contributed by atoms with Crippen LogP contribution in [0.25, 0.3) is 0 Å². The van der Waals surface area contributed by atoms with Gasteiger partial charge >= 0.3 is 5.97 Å². The van der Waals surface area contributed by atoms with Crippen molar-refractivity contribution < 1.29 is 9.53 Å². The molecule has 0 aliphatic carbocycles. The summed E-state index contributed by atoms with van der Waals surface area (Å²) in [5.74, 6) is 0.670. The summed E-state index contributed by atoms with van der Waals surface area (Å²) in [6.07, 6.45) is 5.14. The van der Waals surface area contributed by atoms with Crippen LogP contribution in [0.1, 0.15) is 66.7 Å². The van der Waals surface area contributed by atoms with E-state index in [1.807, 2.05) is 20.8 Å². The van der Waals surface area contributed by atoms with Gasteiger partial charge in [-0.2, -0.15) is 0 Å². The molecule has 0 N–H and O–H groups in total. The lowest BCUT2D eigenvalue weighted by Gasteiger charge is -2.19. The van der Waals surface area contributed by atoms with Crippen molar-refractivity contribution in [3.63, 3.8) is 0 Å². The molecule has 0 fully saturated rings. The topological polar surface area (TPSA) is 26.3 Å². The number of carbonyl (C=O) groups is 1. The molecule has 0 aromatic rings. The molecule has 1 atom stereocenters. The van der Waals surface area contributed by atoms with Crippen LogP contribution >= 0.6 is 0 Å². The third-order valence-electron chi connectivity index (χ3n) is 2.28. The van der Waals surface area contributed by atoms with Crippen molar-refractivity contribution in [2.75, 3.05) is 0 Å². The first-order valence-corrected chi connectivity index (χ1v) is 6.07. The van der Waals surface area contributed by atoms with E-state index in [2.05, 4.69) is 13.8 Å². The number of hydrogen-bond acceptors (Lipinski definition) is 2. The summed E-state index contributed by atoms with van der Waals surface area (Å²) in [6.45, 7) is 10.2. The predicted molar refractivity (Wildman–Crippen MR) is 63.8 cm³/mol. The van der Waals surface area contributed by atoms with Crippen molar-refractivity contribution >= 4 is 5.97 Å². The van der Waals surface area contributed by atoms with E-state index in [4.69, 9.17) is 4.74 Å². The first-order chi connectivity index (χ1) is 6.85. The Hall–Kier alpha value is -0.530. The Labute approximate surface area is 94.4 Å². The summed E-state index contributed by atoms with van der Waals surface area (Å²) in [6, 6.07) is 0. The molecule has 0 bridgehead atoms. The van der Waals surface area contributed by atoms with Crippen LogP contribution in [-0.2, 0) is 9.53 Å².